The van der Waals surface area contributed by atoms with Crippen LogP contribution in [0.5, 0.6) is 0 Å². The maximum atomic E-state index is 9.76. The first-order chi connectivity index (χ1) is 10.3. The van der Waals surface area contributed by atoms with Crippen molar-refractivity contribution < 1.29 is 19.8 Å². The molecule has 0 unspecified atom stereocenters. The molecule has 0 saturated heterocycles. The first-order valence-corrected chi connectivity index (χ1v) is 13.2. The Balaban J connectivity index is -0.000000264. The number of carbonyl (C=O) groups excluding carboxylic acids is 2. The Morgan fingerprint density at radius 2 is 1.04 bits per heavy atom. The van der Waals surface area contributed by atoms with Crippen LogP contribution in [0.15, 0.2) is 0 Å². The van der Waals surface area contributed by atoms with Gasteiger partial charge >= 0.3 is 69.5 Å². The quantitative estimate of drug-likeness (QED) is 0.175. The number of aliphatic carboxylic acids is 2. The van der Waals surface area contributed by atoms with Crippen LogP contribution in [0, 0.1) is 0 Å². The van der Waals surface area contributed by atoms with Crippen molar-refractivity contribution in [1.82, 2.24) is 0 Å². The molecule has 0 saturated carbocycles. The summed E-state index contributed by atoms with van der Waals surface area (Å²) in [6.07, 6.45) is 5.84. The number of carbonyl (C=O) groups is 2. The van der Waals surface area contributed by atoms with E-state index in [2.05, 4.69) is 64.4 Å². The molecule has 4 nitrogen and oxygen atoms in total. The molecule has 0 fully saturated rings. The van der Waals surface area contributed by atoms with Gasteiger partial charge in [0.2, 0.25) is 0 Å². The molecule has 0 aromatic carbocycles. The average molecular weight is 507 g/mol. The molecule has 0 N–H and O–H groups in total. The van der Waals surface area contributed by atoms with Gasteiger partial charge in [0.1, 0.15) is 0 Å². The summed E-state index contributed by atoms with van der Waals surface area (Å²) in [5.74, 6) is -2.56. The minimum atomic E-state index is -1.31. The Hall–Kier alpha value is 1.14. The van der Waals surface area contributed by atoms with Gasteiger partial charge in [-0.05, 0) is 13.8 Å². The Labute approximate surface area is 172 Å². The summed E-state index contributed by atoms with van der Waals surface area (Å²) in [6, 6.07) is 0. The number of carboxylic acids is 2. The summed E-state index contributed by atoms with van der Waals surface area (Å²) in [6.45, 7) is 7.24. The number of carboxylic acid groups (broad SMARTS) is 2. The van der Waals surface area contributed by atoms with Crippen LogP contribution in [-0.2, 0) is 9.59 Å². The topological polar surface area (TPSA) is 80.3 Å². The Morgan fingerprint density at radius 3 is 1.17 bits per heavy atom. The molecule has 0 amide bonds. The summed E-state index contributed by atoms with van der Waals surface area (Å²) in [5.41, 5.74) is 0. The van der Waals surface area contributed by atoms with Crippen molar-refractivity contribution in [3.8, 4) is 0 Å². The predicted octanol–water partition coefficient (Wildman–Crippen LogP) is 1.75. The van der Waals surface area contributed by atoms with Crippen molar-refractivity contribution in [3.63, 3.8) is 0 Å². The van der Waals surface area contributed by atoms with Crippen LogP contribution in [0.3, 0.4) is 0 Å². The van der Waals surface area contributed by atoms with Gasteiger partial charge in [0.05, 0.1) is 20.1 Å². The normalized spacial score (nSPS) is 10.4. The SMILES string of the molecule is CC(S)(S)C(=O)[O-].CC(S)(S)C(=O)[O-].CCC[CH2][Sn+2][CH2]CCC. The number of hydrogen-bond acceptors (Lipinski definition) is 8. The molecule has 0 heterocycles. The van der Waals surface area contributed by atoms with Crippen molar-refractivity contribution in [3.05, 3.63) is 0 Å². The van der Waals surface area contributed by atoms with Crippen molar-refractivity contribution in [1.29, 1.82) is 0 Å². The fourth-order valence-electron chi connectivity index (χ4n) is 0.729. The first kappa shape index (κ1) is 28.9. The third-order valence-corrected chi connectivity index (χ3v) is 6.95. The molecule has 0 aliphatic rings. The predicted molar refractivity (Wildman–Crippen MR) is 108 cm³/mol. The molecule has 0 spiro atoms. The zero-order valence-electron chi connectivity index (χ0n) is 14.2. The van der Waals surface area contributed by atoms with E-state index in [1.807, 2.05) is 0 Å². The van der Waals surface area contributed by atoms with Gasteiger partial charge in [0.25, 0.3) is 0 Å². The standard InChI is InChI=1S/2C4H9.2C3H6O2S2.Sn/c2*1-3-4-2;2*1-3(6,7)2(4)5;/h2*1,3-4H2,2H3;2*6-7H,1H3,(H,4,5);/q;;;;+2/p-2. The zero-order chi connectivity index (χ0) is 19.1. The number of hydrogen-bond donors (Lipinski definition) is 4. The molecule has 0 aliphatic heterocycles. The molecule has 9 heteroatoms. The van der Waals surface area contributed by atoms with Gasteiger partial charge < -0.3 is 19.8 Å². The van der Waals surface area contributed by atoms with E-state index in [0.29, 0.717) is 0 Å². The maximum absolute atomic E-state index is 9.76. The van der Waals surface area contributed by atoms with Crippen molar-refractivity contribution >= 4 is 83.6 Å². The van der Waals surface area contributed by atoms with Crippen LogP contribution in [0.1, 0.15) is 53.4 Å². The van der Waals surface area contributed by atoms with Crippen LogP contribution in [-0.4, -0.2) is 41.2 Å². The van der Waals surface area contributed by atoms with Crippen LogP contribution in [0.2, 0.25) is 8.87 Å². The van der Waals surface area contributed by atoms with E-state index in [9.17, 15) is 19.8 Å². The van der Waals surface area contributed by atoms with E-state index in [0.717, 1.165) is 0 Å². The summed E-state index contributed by atoms with van der Waals surface area (Å²) in [4.78, 5) is 19.5. The van der Waals surface area contributed by atoms with Crippen LogP contribution >= 0.6 is 50.5 Å². The molecule has 0 rings (SSSR count). The Kier molecular flexibility index (Phi) is 20.9. The van der Waals surface area contributed by atoms with E-state index in [1.54, 1.807) is 8.87 Å². The Morgan fingerprint density at radius 1 is 0.826 bits per heavy atom. The Bertz CT molecular complexity index is 285. The summed E-state index contributed by atoms with van der Waals surface area (Å²) < 4.78 is 0.639. The molecule has 0 bridgehead atoms. The molecule has 136 valence electrons. The first-order valence-electron chi connectivity index (χ1n) is 7.33. The van der Waals surface area contributed by atoms with E-state index < -0.39 is 20.1 Å². The summed E-state index contributed by atoms with van der Waals surface area (Å²) >= 11 is 14.4. The molecular formula is C14H28O4S4Sn. The van der Waals surface area contributed by atoms with Crippen LogP contribution in [0.25, 0.3) is 0 Å². The van der Waals surface area contributed by atoms with Crippen molar-refractivity contribution in [2.24, 2.45) is 0 Å². The summed E-state index contributed by atoms with van der Waals surface area (Å²) in [7, 11) is 0. The molecule has 23 heavy (non-hydrogen) atoms. The van der Waals surface area contributed by atoms with Gasteiger partial charge in [0, 0.05) is 0 Å². The molecule has 0 aliphatic carbocycles. The second-order valence-corrected chi connectivity index (χ2v) is 13.6. The van der Waals surface area contributed by atoms with Gasteiger partial charge in [-0.25, -0.2) is 0 Å². The second-order valence-electron chi connectivity index (χ2n) is 5.07. The van der Waals surface area contributed by atoms with Crippen LogP contribution < -0.4 is 10.2 Å². The monoisotopic (exact) mass is 508 g/mol. The molecule has 0 radical (unpaired) electrons. The average Bonchev–Trinajstić information content (AvgIpc) is 2.38. The molecule has 0 atom stereocenters. The van der Waals surface area contributed by atoms with Gasteiger partial charge in [-0.15, -0.1) is 0 Å². The number of rotatable bonds is 8. The van der Waals surface area contributed by atoms with Gasteiger partial charge in [-0.1, -0.05) is 0 Å². The van der Waals surface area contributed by atoms with E-state index in [-0.39, 0.29) is 21.1 Å². The van der Waals surface area contributed by atoms with Gasteiger partial charge in [-0.2, -0.15) is 50.5 Å². The minimum absolute atomic E-state index is 0.149. The molecule has 0 aromatic heterocycles. The van der Waals surface area contributed by atoms with Crippen LogP contribution in [0.4, 0.5) is 0 Å². The number of thiol groups is 4. The molecule has 0 aromatic rings. The fourth-order valence-corrected chi connectivity index (χ4v) is 4.89. The number of unbranched alkanes of at least 4 members (excludes halogenated alkanes) is 2. The van der Waals surface area contributed by atoms with Crippen molar-refractivity contribution in [2.75, 3.05) is 0 Å². The second kappa shape index (κ2) is 16.6. The van der Waals surface area contributed by atoms with Crippen molar-refractivity contribution in [2.45, 2.75) is 70.4 Å². The zero-order valence-corrected chi connectivity index (χ0v) is 20.6. The fraction of sp³-hybridized carbons (Fsp3) is 0.857. The van der Waals surface area contributed by atoms with E-state index in [4.69, 9.17) is 0 Å². The van der Waals surface area contributed by atoms with E-state index in [1.165, 1.54) is 39.5 Å². The van der Waals surface area contributed by atoms with Gasteiger partial charge in [-0.3, -0.25) is 0 Å². The van der Waals surface area contributed by atoms with Gasteiger partial charge in [0.15, 0.2) is 0 Å². The molecular weight excluding hydrogens is 479 g/mol. The third kappa shape index (κ3) is 28.2. The van der Waals surface area contributed by atoms with E-state index >= 15 is 0 Å². The third-order valence-electron chi connectivity index (χ3n) is 2.19. The summed E-state index contributed by atoms with van der Waals surface area (Å²) in [5, 5.41) is 19.5.